The van der Waals surface area contributed by atoms with E-state index in [0.29, 0.717) is 22.5 Å². The summed E-state index contributed by atoms with van der Waals surface area (Å²) in [5, 5.41) is 6.20. The molecule has 0 spiro atoms. The number of amides is 2. The summed E-state index contributed by atoms with van der Waals surface area (Å²) >= 11 is 5.94. The lowest BCUT2D eigenvalue weighted by Gasteiger charge is -2.23. The van der Waals surface area contributed by atoms with Crippen molar-refractivity contribution in [1.82, 2.24) is 10.2 Å². The zero-order chi connectivity index (χ0) is 17.0. The Morgan fingerprint density at radius 2 is 2.13 bits per heavy atom. The number of likely N-dealkylation sites (N-methyl/N-ethyl adjacent to an activating group) is 1. The molecule has 0 bridgehead atoms. The Balaban J connectivity index is 1.90. The number of nitrogens with zero attached hydrogens (tertiary/aromatic N) is 1. The minimum atomic E-state index is -0.373. The highest BCUT2D eigenvalue weighted by molar-refractivity contribution is 6.31. The number of hydrogen-bond acceptors (Lipinski definition) is 4. The maximum absolute atomic E-state index is 12.2. The number of rotatable bonds is 7. The van der Waals surface area contributed by atoms with Crippen LogP contribution in [0.5, 0.6) is 5.75 Å². The first-order chi connectivity index (χ1) is 10.9. The van der Waals surface area contributed by atoms with Gasteiger partial charge in [0.05, 0.1) is 25.4 Å². The molecular weight excluding hydrogens is 318 g/mol. The van der Waals surface area contributed by atoms with Crippen LogP contribution in [0.2, 0.25) is 5.02 Å². The van der Waals surface area contributed by atoms with Crippen molar-refractivity contribution in [2.24, 2.45) is 0 Å². The van der Waals surface area contributed by atoms with Gasteiger partial charge >= 0.3 is 0 Å². The van der Waals surface area contributed by atoms with Gasteiger partial charge in [0.25, 0.3) is 0 Å². The summed E-state index contributed by atoms with van der Waals surface area (Å²) in [6.45, 7) is 1.87. The van der Waals surface area contributed by atoms with E-state index >= 15 is 0 Å². The van der Waals surface area contributed by atoms with Crippen LogP contribution in [0.1, 0.15) is 19.8 Å². The van der Waals surface area contributed by atoms with Crippen LogP contribution in [0.3, 0.4) is 0 Å². The van der Waals surface area contributed by atoms with Crippen molar-refractivity contribution in [3.63, 3.8) is 0 Å². The van der Waals surface area contributed by atoms with Gasteiger partial charge in [-0.1, -0.05) is 11.6 Å². The standard InChI is InChI=1S/C16H22ClN3O3/c1-10(16(22)18-12-5-6-12)20(2)9-15(21)19-13-8-11(17)4-7-14(13)23-3/h4,7-8,10,12H,5-6,9H2,1-3H3,(H,18,22)(H,19,21)/t10-/m1/s1. The molecule has 1 saturated carbocycles. The predicted octanol–water partition coefficient (Wildman–Crippen LogP) is 1.89. The lowest BCUT2D eigenvalue weighted by molar-refractivity contribution is -0.126. The molecule has 2 N–H and O–H groups in total. The number of carbonyl (C=O) groups is 2. The maximum atomic E-state index is 12.2. The summed E-state index contributed by atoms with van der Waals surface area (Å²) < 4.78 is 5.19. The third kappa shape index (κ3) is 5.11. The van der Waals surface area contributed by atoms with Crippen molar-refractivity contribution in [2.75, 3.05) is 26.0 Å². The van der Waals surface area contributed by atoms with Crippen LogP contribution in [0.4, 0.5) is 5.69 Å². The molecule has 1 aliphatic rings. The average Bonchev–Trinajstić information content (AvgIpc) is 3.30. The molecule has 0 aromatic heterocycles. The molecule has 0 unspecified atom stereocenters. The molecule has 0 aliphatic heterocycles. The van der Waals surface area contributed by atoms with Crippen molar-refractivity contribution >= 4 is 29.1 Å². The molecule has 1 aromatic rings. The van der Waals surface area contributed by atoms with E-state index in [1.54, 1.807) is 37.1 Å². The Labute approximate surface area is 141 Å². The van der Waals surface area contributed by atoms with Crippen LogP contribution in [-0.4, -0.2) is 49.5 Å². The molecule has 1 atom stereocenters. The molecule has 7 heteroatoms. The Hall–Kier alpha value is -1.79. The quantitative estimate of drug-likeness (QED) is 0.795. The van der Waals surface area contributed by atoms with Gasteiger partial charge in [-0.25, -0.2) is 0 Å². The fourth-order valence-electron chi connectivity index (χ4n) is 2.08. The molecule has 2 rings (SSSR count). The third-order valence-corrected chi connectivity index (χ3v) is 4.03. The van der Waals surface area contributed by atoms with Gasteiger partial charge in [0.1, 0.15) is 5.75 Å². The number of carbonyl (C=O) groups excluding carboxylic acids is 2. The van der Waals surface area contributed by atoms with Crippen molar-refractivity contribution < 1.29 is 14.3 Å². The third-order valence-electron chi connectivity index (χ3n) is 3.79. The molecule has 0 heterocycles. The second kappa shape index (κ2) is 7.66. The molecule has 0 saturated heterocycles. The average molecular weight is 340 g/mol. The van der Waals surface area contributed by atoms with E-state index < -0.39 is 0 Å². The molecule has 1 aromatic carbocycles. The van der Waals surface area contributed by atoms with Gasteiger partial charge in [0.15, 0.2) is 0 Å². The Kier molecular flexibility index (Phi) is 5.85. The van der Waals surface area contributed by atoms with Gasteiger partial charge in [-0.2, -0.15) is 0 Å². The van der Waals surface area contributed by atoms with Gasteiger partial charge in [-0.05, 0) is 45.0 Å². The van der Waals surface area contributed by atoms with E-state index in [1.165, 1.54) is 7.11 Å². The van der Waals surface area contributed by atoms with Crippen molar-refractivity contribution in [2.45, 2.75) is 31.8 Å². The van der Waals surface area contributed by atoms with Crippen molar-refractivity contribution in [3.05, 3.63) is 23.2 Å². The molecule has 1 aliphatic carbocycles. The normalized spacial score (nSPS) is 15.2. The summed E-state index contributed by atoms with van der Waals surface area (Å²) in [5.74, 6) is 0.243. The van der Waals surface area contributed by atoms with E-state index in [2.05, 4.69) is 10.6 Å². The second-order valence-corrected chi connectivity index (χ2v) is 6.20. The lowest BCUT2D eigenvalue weighted by Crippen LogP contribution is -2.46. The summed E-state index contributed by atoms with van der Waals surface area (Å²) in [7, 11) is 3.27. The largest absolute Gasteiger partial charge is 0.495 e. The predicted molar refractivity (Wildman–Crippen MR) is 89.9 cm³/mol. The minimum absolute atomic E-state index is 0.0527. The molecular formula is C16H22ClN3O3. The van der Waals surface area contributed by atoms with Crippen LogP contribution in [-0.2, 0) is 9.59 Å². The summed E-state index contributed by atoms with van der Waals surface area (Å²) in [6, 6.07) is 4.94. The summed E-state index contributed by atoms with van der Waals surface area (Å²) in [6.07, 6.45) is 2.08. The van der Waals surface area contributed by atoms with Gasteiger partial charge < -0.3 is 15.4 Å². The van der Waals surface area contributed by atoms with E-state index in [1.807, 2.05) is 0 Å². The topological polar surface area (TPSA) is 70.7 Å². The zero-order valence-electron chi connectivity index (χ0n) is 13.6. The smallest absolute Gasteiger partial charge is 0.238 e. The summed E-state index contributed by atoms with van der Waals surface area (Å²) in [4.78, 5) is 25.9. The zero-order valence-corrected chi connectivity index (χ0v) is 14.3. The number of nitrogens with one attached hydrogen (secondary N) is 2. The molecule has 1 fully saturated rings. The van der Waals surface area contributed by atoms with E-state index in [-0.39, 0.29) is 24.4 Å². The molecule has 126 valence electrons. The first-order valence-electron chi connectivity index (χ1n) is 7.54. The highest BCUT2D eigenvalue weighted by atomic mass is 35.5. The van der Waals surface area contributed by atoms with Crippen molar-refractivity contribution in [3.8, 4) is 5.75 Å². The molecule has 6 nitrogen and oxygen atoms in total. The Morgan fingerprint density at radius 3 is 2.74 bits per heavy atom. The van der Waals surface area contributed by atoms with E-state index in [0.717, 1.165) is 12.8 Å². The highest BCUT2D eigenvalue weighted by Gasteiger charge is 2.27. The van der Waals surface area contributed by atoms with Crippen LogP contribution in [0.15, 0.2) is 18.2 Å². The Morgan fingerprint density at radius 1 is 1.43 bits per heavy atom. The van der Waals surface area contributed by atoms with Gasteiger partial charge in [0.2, 0.25) is 11.8 Å². The van der Waals surface area contributed by atoms with Crippen LogP contribution < -0.4 is 15.4 Å². The summed E-state index contributed by atoms with van der Waals surface area (Å²) in [5.41, 5.74) is 0.508. The lowest BCUT2D eigenvalue weighted by atomic mass is 10.2. The molecule has 2 amide bonds. The van der Waals surface area contributed by atoms with Crippen LogP contribution in [0.25, 0.3) is 0 Å². The van der Waals surface area contributed by atoms with E-state index in [9.17, 15) is 9.59 Å². The van der Waals surface area contributed by atoms with Crippen LogP contribution in [0, 0.1) is 0 Å². The monoisotopic (exact) mass is 339 g/mol. The first kappa shape index (κ1) is 17.6. The number of methoxy groups -OCH3 is 1. The second-order valence-electron chi connectivity index (χ2n) is 5.77. The van der Waals surface area contributed by atoms with Crippen molar-refractivity contribution in [1.29, 1.82) is 0 Å². The Bertz CT molecular complexity index is 590. The molecule has 23 heavy (non-hydrogen) atoms. The van der Waals surface area contributed by atoms with Crippen LogP contribution >= 0.6 is 11.6 Å². The maximum Gasteiger partial charge on any atom is 0.238 e. The van der Waals surface area contributed by atoms with Gasteiger partial charge in [-0.15, -0.1) is 0 Å². The van der Waals surface area contributed by atoms with Gasteiger partial charge in [-0.3, -0.25) is 14.5 Å². The van der Waals surface area contributed by atoms with Gasteiger partial charge in [0, 0.05) is 11.1 Å². The first-order valence-corrected chi connectivity index (χ1v) is 7.92. The highest BCUT2D eigenvalue weighted by Crippen LogP contribution is 2.27. The number of ether oxygens (including phenoxy) is 1. The fourth-order valence-corrected chi connectivity index (χ4v) is 2.25. The SMILES string of the molecule is COc1ccc(Cl)cc1NC(=O)CN(C)[C@H](C)C(=O)NC1CC1. The number of anilines is 1. The minimum Gasteiger partial charge on any atom is -0.495 e. The fraction of sp³-hybridized carbons (Fsp3) is 0.500. The number of hydrogen-bond donors (Lipinski definition) is 2. The molecule has 0 radical (unpaired) electrons. The van der Waals surface area contributed by atoms with E-state index in [4.69, 9.17) is 16.3 Å². The number of benzene rings is 1. The number of halogens is 1.